The Morgan fingerprint density at radius 1 is 1.35 bits per heavy atom. The van der Waals surface area contributed by atoms with E-state index in [2.05, 4.69) is 42.8 Å². The lowest BCUT2D eigenvalue weighted by Crippen LogP contribution is -2.28. The summed E-state index contributed by atoms with van der Waals surface area (Å²) in [6.45, 7) is 6.30. The van der Waals surface area contributed by atoms with Gasteiger partial charge in [0.15, 0.2) is 0 Å². The Bertz CT molecular complexity index is 564. The summed E-state index contributed by atoms with van der Waals surface area (Å²) in [5.74, 6) is 0. The van der Waals surface area contributed by atoms with Crippen molar-refractivity contribution in [3.8, 4) is 0 Å². The van der Waals surface area contributed by atoms with Gasteiger partial charge in [-0.25, -0.2) is 0 Å². The molecular formula is C15H20N2. The summed E-state index contributed by atoms with van der Waals surface area (Å²) in [5, 5.41) is 1.37. The van der Waals surface area contributed by atoms with Crippen LogP contribution in [-0.4, -0.2) is 11.1 Å². The Hall–Kier alpha value is -1.28. The van der Waals surface area contributed by atoms with Crippen LogP contribution in [0.15, 0.2) is 24.4 Å². The number of hydrogen-bond donors (Lipinski definition) is 1. The lowest BCUT2D eigenvalue weighted by atomic mass is 9.82. The molecule has 0 bridgehead atoms. The number of benzene rings is 1. The smallest absolute Gasteiger partial charge is 0.0513 e. The van der Waals surface area contributed by atoms with Crippen molar-refractivity contribution < 1.29 is 0 Å². The topological polar surface area (TPSA) is 30.9 Å². The molecule has 2 N–H and O–H groups in total. The van der Waals surface area contributed by atoms with Gasteiger partial charge in [-0.15, -0.1) is 0 Å². The van der Waals surface area contributed by atoms with Crippen LogP contribution in [0.5, 0.6) is 0 Å². The predicted molar refractivity (Wildman–Crippen MR) is 72.3 cm³/mol. The highest BCUT2D eigenvalue weighted by Gasteiger charge is 2.22. The van der Waals surface area contributed by atoms with Crippen molar-refractivity contribution in [2.45, 2.75) is 38.6 Å². The van der Waals surface area contributed by atoms with Crippen molar-refractivity contribution >= 4 is 10.9 Å². The lowest BCUT2D eigenvalue weighted by molar-refractivity contribution is 0.538. The molecule has 1 aromatic heterocycles. The van der Waals surface area contributed by atoms with Crippen molar-refractivity contribution in [1.29, 1.82) is 0 Å². The first kappa shape index (κ1) is 10.8. The van der Waals surface area contributed by atoms with Crippen LogP contribution >= 0.6 is 0 Å². The second-order valence-electron chi connectivity index (χ2n) is 5.77. The van der Waals surface area contributed by atoms with E-state index in [0.717, 1.165) is 6.54 Å². The Kier molecular flexibility index (Phi) is 2.30. The summed E-state index contributed by atoms with van der Waals surface area (Å²) in [7, 11) is 0. The van der Waals surface area contributed by atoms with Gasteiger partial charge in [0.25, 0.3) is 0 Å². The highest BCUT2D eigenvalue weighted by atomic mass is 15.0. The van der Waals surface area contributed by atoms with E-state index in [-0.39, 0.29) is 5.41 Å². The molecule has 1 aliphatic rings. The molecule has 2 heterocycles. The van der Waals surface area contributed by atoms with Crippen LogP contribution in [0.1, 0.15) is 31.4 Å². The zero-order chi connectivity index (χ0) is 12.0. The maximum Gasteiger partial charge on any atom is 0.0513 e. The number of rotatable bonds is 2. The number of nitrogens with two attached hydrogens (primary N) is 1. The minimum Gasteiger partial charge on any atom is -0.347 e. The zero-order valence-corrected chi connectivity index (χ0v) is 10.7. The van der Waals surface area contributed by atoms with Crippen molar-refractivity contribution in [1.82, 2.24) is 4.57 Å². The average Bonchev–Trinajstić information content (AvgIpc) is 2.75. The van der Waals surface area contributed by atoms with Crippen LogP contribution in [-0.2, 0) is 18.4 Å². The Labute approximate surface area is 102 Å². The molecule has 0 spiro atoms. The largest absolute Gasteiger partial charge is 0.347 e. The molecular weight excluding hydrogens is 208 g/mol. The van der Waals surface area contributed by atoms with Gasteiger partial charge in [0.2, 0.25) is 0 Å². The third kappa shape index (κ3) is 1.59. The molecule has 0 amide bonds. The van der Waals surface area contributed by atoms with Crippen LogP contribution in [0.25, 0.3) is 10.9 Å². The van der Waals surface area contributed by atoms with Gasteiger partial charge in [-0.2, -0.15) is 0 Å². The highest BCUT2D eigenvalue weighted by molar-refractivity contribution is 5.85. The van der Waals surface area contributed by atoms with Crippen LogP contribution in [0.4, 0.5) is 0 Å². The lowest BCUT2D eigenvalue weighted by Gasteiger charge is -2.25. The second-order valence-corrected chi connectivity index (χ2v) is 5.77. The molecule has 2 nitrogen and oxygen atoms in total. The molecule has 0 unspecified atom stereocenters. The fourth-order valence-electron chi connectivity index (χ4n) is 2.77. The summed E-state index contributed by atoms with van der Waals surface area (Å²) in [4.78, 5) is 0. The van der Waals surface area contributed by atoms with Gasteiger partial charge in [0.1, 0.15) is 0 Å². The van der Waals surface area contributed by atoms with Gasteiger partial charge < -0.3 is 10.3 Å². The van der Waals surface area contributed by atoms with Crippen LogP contribution in [0.3, 0.4) is 0 Å². The molecule has 90 valence electrons. The number of aryl methyl sites for hydroxylation is 2. The fraction of sp³-hybridized carbons (Fsp3) is 0.467. The molecule has 2 heteroatoms. The van der Waals surface area contributed by atoms with Gasteiger partial charge in [0, 0.05) is 30.1 Å². The predicted octanol–water partition coefficient (Wildman–Crippen LogP) is 2.82. The fourth-order valence-corrected chi connectivity index (χ4v) is 2.77. The molecule has 0 radical (unpaired) electrons. The molecule has 0 saturated heterocycles. The monoisotopic (exact) mass is 228 g/mol. The van der Waals surface area contributed by atoms with Crippen molar-refractivity contribution in [2.24, 2.45) is 5.73 Å². The highest BCUT2D eigenvalue weighted by Crippen LogP contribution is 2.32. The first-order chi connectivity index (χ1) is 8.12. The van der Waals surface area contributed by atoms with Gasteiger partial charge in [-0.1, -0.05) is 19.9 Å². The first-order valence-corrected chi connectivity index (χ1v) is 6.44. The molecule has 3 rings (SSSR count). The SMILES string of the molecule is CC(C)(CN)c1cc2c3c(ccn3CCC2)c1. The number of nitrogens with zero attached hydrogens (tertiary/aromatic N) is 1. The summed E-state index contributed by atoms with van der Waals surface area (Å²) in [6, 6.07) is 6.92. The Balaban J connectivity index is 2.25. The van der Waals surface area contributed by atoms with E-state index in [1.165, 1.54) is 34.9 Å². The van der Waals surface area contributed by atoms with E-state index >= 15 is 0 Å². The van der Waals surface area contributed by atoms with E-state index < -0.39 is 0 Å². The summed E-state index contributed by atoms with van der Waals surface area (Å²) in [5.41, 5.74) is 10.3. The molecule has 0 atom stereocenters. The molecule has 0 saturated carbocycles. The van der Waals surface area contributed by atoms with E-state index in [4.69, 9.17) is 5.73 Å². The summed E-state index contributed by atoms with van der Waals surface area (Å²) >= 11 is 0. The van der Waals surface area contributed by atoms with E-state index in [1.54, 1.807) is 0 Å². The van der Waals surface area contributed by atoms with E-state index in [1.807, 2.05) is 0 Å². The molecule has 0 aliphatic carbocycles. The van der Waals surface area contributed by atoms with Crippen LogP contribution < -0.4 is 5.73 Å². The molecule has 1 aliphatic heterocycles. The van der Waals surface area contributed by atoms with E-state index in [9.17, 15) is 0 Å². The first-order valence-electron chi connectivity index (χ1n) is 6.44. The van der Waals surface area contributed by atoms with Crippen LogP contribution in [0, 0.1) is 0 Å². The number of aromatic nitrogens is 1. The van der Waals surface area contributed by atoms with Crippen molar-refractivity contribution in [3.63, 3.8) is 0 Å². The minimum absolute atomic E-state index is 0.0736. The van der Waals surface area contributed by atoms with Gasteiger partial charge >= 0.3 is 0 Å². The van der Waals surface area contributed by atoms with Crippen molar-refractivity contribution in [2.75, 3.05) is 6.54 Å². The number of hydrogen-bond acceptors (Lipinski definition) is 1. The Morgan fingerprint density at radius 3 is 2.94 bits per heavy atom. The standard InChI is InChI=1S/C15H20N2/c1-15(2,10-16)13-8-11-4-3-6-17-7-5-12(9-13)14(11)17/h5,7-9H,3-4,6,10,16H2,1-2H3. The summed E-state index contributed by atoms with van der Waals surface area (Å²) < 4.78 is 2.38. The van der Waals surface area contributed by atoms with E-state index in [0.29, 0.717) is 6.54 Å². The van der Waals surface area contributed by atoms with Gasteiger partial charge in [0.05, 0.1) is 5.52 Å². The summed E-state index contributed by atoms with van der Waals surface area (Å²) in [6.07, 6.45) is 4.67. The van der Waals surface area contributed by atoms with Gasteiger partial charge in [-0.3, -0.25) is 0 Å². The zero-order valence-electron chi connectivity index (χ0n) is 10.7. The molecule has 0 fully saturated rings. The average molecular weight is 228 g/mol. The second kappa shape index (κ2) is 3.61. The third-order valence-corrected chi connectivity index (χ3v) is 4.08. The maximum absolute atomic E-state index is 5.89. The maximum atomic E-state index is 5.89. The van der Waals surface area contributed by atoms with Crippen molar-refractivity contribution in [3.05, 3.63) is 35.5 Å². The Morgan fingerprint density at radius 2 is 2.18 bits per heavy atom. The quantitative estimate of drug-likeness (QED) is 0.842. The minimum atomic E-state index is 0.0736. The van der Waals surface area contributed by atoms with Gasteiger partial charge in [-0.05, 0) is 36.1 Å². The third-order valence-electron chi connectivity index (χ3n) is 4.08. The normalized spacial score (nSPS) is 15.5. The molecule has 2 aromatic rings. The molecule has 17 heavy (non-hydrogen) atoms. The molecule has 1 aromatic carbocycles. The van der Waals surface area contributed by atoms with Crippen LogP contribution in [0.2, 0.25) is 0 Å².